The molecule has 2 aromatic carbocycles. The SMILES string of the molecule is C[C@@H](O[C@H]1CN(C(=O)O)[C@@H](CCC(=O)C=[N+]=N)[C@@H]1c1ccc(F)cc1)c1cc(C(F)(F)F)cc(C(F)(F)F)c1. The predicted octanol–water partition coefficient (Wildman–Crippen LogP) is 6.11. The van der Waals surface area contributed by atoms with Gasteiger partial charge in [-0.15, -0.1) is 0 Å². The summed E-state index contributed by atoms with van der Waals surface area (Å²) in [6, 6.07) is 5.08. The van der Waals surface area contributed by atoms with Gasteiger partial charge in [0.05, 0.1) is 40.2 Å². The van der Waals surface area contributed by atoms with Crippen LogP contribution in [0, 0.1) is 11.3 Å². The van der Waals surface area contributed by atoms with Crippen LogP contribution in [0.3, 0.4) is 0 Å². The molecule has 14 heteroatoms. The minimum atomic E-state index is -5.07. The molecule has 0 saturated carbocycles. The third-order valence-electron chi connectivity index (χ3n) is 6.45. The molecular formula is C25H23F7N3O4+. The second kappa shape index (κ2) is 11.5. The lowest BCUT2D eigenvalue weighted by Gasteiger charge is -2.28. The Morgan fingerprint density at radius 2 is 1.67 bits per heavy atom. The number of likely N-dealkylation sites (tertiary alicyclic amines) is 1. The van der Waals surface area contributed by atoms with E-state index in [2.05, 4.69) is 4.79 Å². The first-order valence-electron chi connectivity index (χ1n) is 11.5. The van der Waals surface area contributed by atoms with Crippen molar-refractivity contribution in [3.05, 3.63) is 70.5 Å². The Labute approximate surface area is 217 Å². The van der Waals surface area contributed by atoms with Gasteiger partial charge in [0.2, 0.25) is 5.78 Å². The molecule has 0 aliphatic carbocycles. The van der Waals surface area contributed by atoms with Crippen molar-refractivity contribution < 1.29 is 55.0 Å². The Balaban J connectivity index is 2.01. The van der Waals surface area contributed by atoms with Crippen LogP contribution in [0.1, 0.15) is 54.0 Å². The summed E-state index contributed by atoms with van der Waals surface area (Å²) < 4.78 is 99.7. The van der Waals surface area contributed by atoms with Gasteiger partial charge in [-0.2, -0.15) is 26.3 Å². The highest BCUT2D eigenvalue weighted by molar-refractivity contribution is 6.25. The second-order valence-corrected chi connectivity index (χ2v) is 9.00. The number of hydrogen-bond donors (Lipinski definition) is 2. The number of nitrogens with one attached hydrogen (secondary N) is 1. The van der Waals surface area contributed by atoms with Gasteiger partial charge in [-0.05, 0) is 54.8 Å². The Morgan fingerprint density at radius 1 is 1.10 bits per heavy atom. The van der Waals surface area contributed by atoms with Crippen LogP contribution in [0.2, 0.25) is 0 Å². The number of benzene rings is 2. The maximum atomic E-state index is 13.6. The Kier molecular flexibility index (Phi) is 8.81. The van der Waals surface area contributed by atoms with E-state index in [0.29, 0.717) is 17.7 Å². The van der Waals surface area contributed by atoms with Crippen LogP contribution in [0.25, 0.3) is 0 Å². The number of ketones is 1. The molecule has 0 radical (unpaired) electrons. The number of nitrogens with zero attached hydrogens (tertiary/aromatic N) is 2. The maximum absolute atomic E-state index is 13.6. The van der Waals surface area contributed by atoms with Crippen LogP contribution in [-0.2, 0) is 21.9 Å². The molecule has 0 unspecified atom stereocenters. The van der Waals surface area contributed by atoms with Gasteiger partial charge in [0.25, 0.3) is 0 Å². The topological polar surface area (TPSA) is 105 Å². The van der Waals surface area contributed by atoms with E-state index in [-0.39, 0.29) is 25.5 Å². The van der Waals surface area contributed by atoms with Crippen molar-refractivity contribution in [1.29, 1.82) is 5.53 Å². The van der Waals surface area contributed by atoms with E-state index in [1.165, 1.54) is 19.1 Å². The summed E-state index contributed by atoms with van der Waals surface area (Å²) in [6.45, 7) is 0.919. The van der Waals surface area contributed by atoms with Gasteiger partial charge in [0, 0.05) is 18.4 Å². The summed E-state index contributed by atoms with van der Waals surface area (Å²) in [6.07, 6.45) is -13.5. The molecule has 3 rings (SSSR count). The van der Waals surface area contributed by atoms with E-state index >= 15 is 0 Å². The molecule has 2 aromatic rings. The molecule has 210 valence electrons. The quantitative estimate of drug-likeness (QED) is 0.175. The Bertz CT molecular complexity index is 1230. The average molecular weight is 562 g/mol. The Hall–Kier alpha value is -3.77. The minimum absolute atomic E-state index is 0.00746. The van der Waals surface area contributed by atoms with Gasteiger partial charge in [0.15, 0.2) is 0 Å². The smallest absolute Gasteiger partial charge is 0.416 e. The van der Waals surface area contributed by atoms with E-state index in [1.807, 2.05) is 0 Å². The number of rotatable bonds is 8. The number of hydrogen-bond acceptors (Lipinski definition) is 4. The monoisotopic (exact) mass is 562 g/mol. The van der Waals surface area contributed by atoms with Crippen LogP contribution in [0.5, 0.6) is 0 Å². The minimum Gasteiger partial charge on any atom is -0.465 e. The first kappa shape index (κ1) is 29.8. The van der Waals surface area contributed by atoms with Crippen molar-refractivity contribution in [2.45, 2.75) is 56.3 Å². The van der Waals surface area contributed by atoms with E-state index in [0.717, 1.165) is 23.2 Å². The molecule has 0 bridgehead atoms. The molecule has 1 aliphatic rings. The maximum Gasteiger partial charge on any atom is 0.416 e. The molecule has 1 fully saturated rings. The van der Waals surface area contributed by atoms with Crippen molar-refractivity contribution in [3.63, 3.8) is 0 Å². The average Bonchev–Trinajstić information content (AvgIpc) is 3.20. The number of ether oxygens (including phenoxy) is 1. The van der Waals surface area contributed by atoms with Gasteiger partial charge in [0.1, 0.15) is 5.82 Å². The third-order valence-corrected chi connectivity index (χ3v) is 6.45. The van der Waals surface area contributed by atoms with Crippen LogP contribution in [-0.4, -0.2) is 51.6 Å². The number of Topliss-reactive ketones (excluding diaryl/α,β-unsaturated/α-hetero) is 1. The summed E-state index contributed by atoms with van der Waals surface area (Å²) in [4.78, 5) is 27.8. The van der Waals surface area contributed by atoms with Crippen molar-refractivity contribution in [2.75, 3.05) is 6.54 Å². The third kappa shape index (κ3) is 7.21. The van der Waals surface area contributed by atoms with Gasteiger partial charge < -0.3 is 14.7 Å². The number of alkyl halides is 6. The van der Waals surface area contributed by atoms with Crippen molar-refractivity contribution in [2.24, 2.45) is 0 Å². The summed E-state index contributed by atoms with van der Waals surface area (Å²) >= 11 is 0. The number of carbonyl (C=O) groups excluding carboxylic acids is 1. The molecule has 2 N–H and O–H groups in total. The van der Waals surface area contributed by atoms with E-state index in [4.69, 9.17) is 10.3 Å². The summed E-state index contributed by atoms with van der Waals surface area (Å²) in [5, 5.41) is 9.80. The fourth-order valence-electron chi connectivity index (χ4n) is 4.67. The zero-order valence-corrected chi connectivity index (χ0v) is 20.3. The predicted molar refractivity (Wildman–Crippen MR) is 121 cm³/mol. The van der Waals surface area contributed by atoms with Gasteiger partial charge in [-0.25, -0.2) is 9.18 Å². The molecule has 7 nitrogen and oxygen atoms in total. The van der Waals surface area contributed by atoms with Crippen LogP contribution in [0.15, 0.2) is 42.5 Å². The molecular weight excluding hydrogens is 539 g/mol. The molecule has 4 atom stereocenters. The fourth-order valence-corrected chi connectivity index (χ4v) is 4.67. The lowest BCUT2D eigenvalue weighted by atomic mass is 9.87. The number of amides is 1. The van der Waals surface area contributed by atoms with Crippen molar-refractivity contribution >= 4 is 18.1 Å². The largest absolute Gasteiger partial charge is 0.465 e. The van der Waals surface area contributed by atoms with Crippen LogP contribution >= 0.6 is 0 Å². The molecule has 1 saturated heterocycles. The Morgan fingerprint density at radius 3 is 2.15 bits per heavy atom. The highest BCUT2D eigenvalue weighted by Crippen LogP contribution is 2.42. The first-order valence-corrected chi connectivity index (χ1v) is 11.5. The highest BCUT2D eigenvalue weighted by atomic mass is 19.4. The fraction of sp³-hybridized carbons (Fsp3) is 0.400. The summed E-state index contributed by atoms with van der Waals surface area (Å²) in [5.41, 5.74) is 3.68. The molecule has 1 aliphatic heterocycles. The van der Waals surface area contributed by atoms with Crippen molar-refractivity contribution in [3.8, 4) is 0 Å². The van der Waals surface area contributed by atoms with Crippen LogP contribution in [0.4, 0.5) is 35.5 Å². The number of halogens is 7. The van der Waals surface area contributed by atoms with Gasteiger partial charge in [-0.3, -0.25) is 4.79 Å². The molecule has 0 spiro atoms. The molecule has 39 heavy (non-hydrogen) atoms. The lowest BCUT2D eigenvalue weighted by Crippen LogP contribution is -2.36. The summed E-state index contributed by atoms with van der Waals surface area (Å²) in [5.74, 6) is -2.01. The van der Waals surface area contributed by atoms with E-state index < -0.39 is 70.9 Å². The normalized spacial score (nSPS) is 20.4. The summed E-state index contributed by atoms with van der Waals surface area (Å²) in [7, 11) is 0. The number of carboxylic acid groups (broad SMARTS) is 1. The van der Waals surface area contributed by atoms with E-state index in [9.17, 15) is 45.4 Å². The van der Waals surface area contributed by atoms with Gasteiger partial charge in [-0.1, -0.05) is 12.1 Å². The molecule has 1 amide bonds. The molecule has 0 aromatic heterocycles. The lowest BCUT2D eigenvalue weighted by molar-refractivity contribution is -0.143. The highest BCUT2D eigenvalue weighted by Gasteiger charge is 2.46. The van der Waals surface area contributed by atoms with Gasteiger partial charge >= 0.3 is 24.7 Å². The second-order valence-electron chi connectivity index (χ2n) is 9.00. The molecule has 1 heterocycles. The zero-order valence-electron chi connectivity index (χ0n) is 20.3. The van der Waals surface area contributed by atoms with Crippen molar-refractivity contribution in [1.82, 2.24) is 4.90 Å². The first-order chi connectivity index (χ1) is 18.1. The number of carbonyl (C=O) groups is 2. The zero-order chi connectivity index (χ0) is 29.1. The van der Waals surface area contributed by atoms with E-state index in [1.54, 1.807) is 0 Å². The standard InChI is InChI=1S/C25H22F7N3O4/c1-13(15-8-16(24(27,28)29)10-17(9-15)25(30,31)32)39-21-12-35(23(37)38)20(7-6-19(36)11-34-33)22(21)14-2-4-18(26)5-3-14/h2-5,8-11,13,20-22,33H,6-7,12H2,1H3/p+1/t13-,20+,21+,22+/m1/s1. The van der Waals surface area contributed by atoms with Crippen LogP contribution < -0.4 is 0 Å².